The van der Waals surface area contributed by atoms with Crippen molar-refractivity contribution in [1.29, 1.82) is 0 Å². The predicted octanol–water partition coefficient (Wildman–Crippen LogP) is 1.29. The Morgan fingerprint density at radius 1 is 1.62 bits per heavy atom. The Hall–Kier alpha value is -0.880. The standard InChI is InChI=1S/C10H15BrN4O/c1-16-6-7-2-3-15(5-7)10-13-8(11)4-9(12)14-10/h4,7H,2-3,5-6H2,1H3,(H2,12,13,14). The van der Waals surface area contributed by atoms with E-state index >= 15 is 0 Å². The molecule has 1 saturated heterocycles. The molecule has 1 aliphatic heterocycles. The molecule has 2 heterocycles. The van der Waals surface area contributed by atoms with Crippen LogP contribution in [0.3, 0.4) is 0 Å². The third kappa shape index (κ3) is 2.62. The number of hydrogen-bond acceptors (Lipinski definition) is 5. The highest BCUT2D eigenvalue weighted by Gasteiger charge is 2.24. The van der Waals surface area contributed by atoms with E-state index in [0.29, 0.717) is 17.7 Å². The van der Waals surface area contributed by atoms with E-state index in [9.17, 15) is 0 Å². The van der Waals surface area contributed by atoms with E-state index in [1.54, 1.807) is 13.2 Å². The lowest BCUT2D eigenvalue weighted by atomic mass is 10.1. The Labute approximate surface area is 103 Å². The maximum Gasteiger partial charge on any atom is 0.228 e. The van der Waals surface area contributed by atoms with Gasteiger partial charge in [-0.25, -0.2) is 4.98 Å². The predicted molar refractivity (Wildman–Crippen MR) is 66.3 cm³/mol. The normalized spacial score (nSPS) is 20.4. The monoisotopic (exact) mass is 286 g/mol. The Morgan fingerprint density at radius 3 is 3.12 bits per heavy atom. The zero-order valence-electron chi connectivity index (χ0n) is 9.19. The molecule has 1 fully saturated rings. The van der Waals surface area contributed by atoms with Gasteiger partial charge in [0.1, 0.15) is 10.4 Å². The summed E-state index contributed by atoms with van der Waals surface area (Å²) in [7, 11) is 1.73. The molecule has 0 saturated carbocycles. The van der Waals surface area contributed by atoms with Gasteiger partial charge in [0.25, 0.3) is 0 Å². The van der Waals surface area contributed by atoms with Crippen molar-refractivity contribution in [2.75, 3.05) is 37.4 Å². The van der Waals surface area contributed by atoms with Gasteiger partial charge in [0.05, 0.1) is 6.61 Å². The Kier molecular flexibility index (Phi) is 3.60. The highest BCUT2D eigenvalue weighted by molar-refractivity contribution is 9.10. The summed E-state index contributed by atoms with van der Waals surface area (Å²) in [5.41, 5.74) is 5.69. The Morgan fingerprint density at radius 2 is 2.44 bits per heavy atom. The van der Waals surface area contributed by atoms with Gasteiger partial charge in [-0.2, -0.15) is 4.98 Å². The molecule has 0 spiro atoms. The fraction of sp³-hybridized carbons (Fsp3) is 0.600. The number of anilines is 2. The van der Waals surface area contributed by atoms with Crippen molar-refractivity contribution in [2.24, 2.45) is 5.92 Å². The van der Waals surface area contributed by atoms with Crippen LogP contribution in [0.4, 0.5) is 11.8 Å². The van der Waals surface area contributed by atoms with Crippen molar-refractivity contribution in [3.63, 3.8) is 0 Å². The summed E-state index contributed by atoms with van der Waals surface area (Å²) in [4.78, 5) is 10.7. The van der Waals surface area contributed by atoms with Gasteiger partial charge in [-0.15, -0.1) is 0 Å². The molecule has 2 rings (SSSR count). The number of nitrogen functional groups attached to an aromatic ring is 1. The molecule has 2 N–H and O–H groups in total. The van der Waals surface area contributed by atoms with Crippen molar-refractivity contribution >= 4 is 27.7 Å². The Bertz CT molecular complexity index is 354. The molecule has 16 heavy (non-hydrogen) atoms. The smallest absolute Gasteiger partial charge is 0.228 e. The third-order valence-corrected chi connectivity index (χ3v) is 3.08. The molecule has 5 nitrogen and oxygen atoms in total. The van der Waals surface area contributed by atoms with Crippen molar-refractivity contribution in [3.05, 3.63) is 10.7 Å². The zero-order valence-corrected chi connectivity index (χ0v) is 10.8. The van der Waals surface area contributed by atoms with Crippen LogP contribution >= 0.6 is 15.9 Å². The summed E-state index contributed by atoms with van der Waals surface area (Å²) < 4.78 is 5.88. The number of nitrogens with zero attached hydrogens (tertiary/aromatic N) is 3. The second-order valence-corrected chi connectivity index (χ2v) is 4.78. The minimum absolute atomic E-state index is 0.493. The van der Waals surface area contributed by atoms with Crippen LogP contribution in [-0.4, -0.2) is 36.8 Å². The van der Waals surface area contributed by atoms with E-state index in [-0.39, 0.29) is 0 Å². The second-order valence-electron chi connectivity index (χ2n) is 3.97. The largest absolute Gasteiger partial charge is 0.384 e. The van der Waals surface area contributed by atoms with Crippen LogP contribution in [0.1, 0.15) is 6.42 Å². The first-order chi connectivity index (χ1) is 7.69. The third-order valence-electron chi connectivity index (χ3n) is 2.67. The van der Waals surface area contributed by atoms with Crippen LogP contribution in [0, 0.1) is 5.92 Å². The number of aromatic nitrogens is 2. The molecule has 0 aromatic carbocycles. The highest BCUT2D eigenvalue weighted by Crippen LogP contribution is 2.23. The molecule has 6 heteroatoms. The maximum absolute atomic E-state index is 5.69. The molecular formula is C10H15BrN4O. The first-order valence-electron chi connectivity index (χ1n) is 5.23. The number of hydrogen-bond donors (Lipinski definition) is 1. The molecule has 88 valence electrons. The van der Waals surface area contributed by atoms with Gasteiger partial charge in [-0.1, -0.05) is 0 Å². The van der Waals surface area contributed by atoms with E-state index in [1.165, 1.54) is 0 Å². The SMILES string of the molecule is COCC1CCN(c2nc(N)cc(Br)n2)C1. The van der Waals surface area contributed by atoms with Gasteiger partial charge in [0, 0.05) is 32.2 Å². The van der Waals surface area contributed by atoms with Crippen LogP contribution in [0.5, 0.6) is 0 Å². The van der Waals surface area contributed by atoms with E-state index in [2.05, 4.69) is 30.8 Å². The van der Waals surface area contributed by atoms with Gasteiger partial charge in [0.15, 0.2) is 0 Å². The fourth-order valence-electron chi connectivity index (χ4n) is 1.95. The molecule has 1 aliphatic rings. The van der Waals surface area contributed by atoms with Crippen LogP contribution in [0.2, 0.25) is 0 Å². The Balaban J connectivity index is 2.08. The average Bonchev–Trinajstić information content (AvgIpc) is 2.65. The molecule has 0 radical (unpaired) electrons. The van der Waals surface area contributed by atoms with Crippen molar-refractivity contribution < 1.29 is 4.74 Å². The fourth-order valence-corrected chi connectivity index (χ4v) is 2.34. The lowest BCUT2D eigenvalue weighted by Gasteiger charge is -2.16. The molecule has 0 amide bonds. The van der Waals surface area contributed by atoms with Crippen LogP contribution in [-0.2, 0) is 4.74 Å². The molecule has 0 bridgehead atoms. The topological polar surface area (TPSA) is 64.3 Å². The van der Waals surface area contributed by atoms with Crippen LogP contribution in [0.15, 0.2) is 10.7 Å². The molecule has 1 aromatic rings. The van der Waals surface area contributed by atoms with Gasteiger partial charge >= 0.3 is 0 Å². The summed E-state index contributed by atoms with van der Waals surface area (Å²) >= 11 is 3.32. The number of ether oxygens (including phenoxy) is 1. The van der Waals surface area contributed by atoms with E-state index in [4.69, 9.17) is 10.5 Å². The maximum atomic E-state index is 5.69. The number of halogens is 1. The lowest BCUT2D eigenvalue weighted by Crippen LogP contribution is -2.23. The first-order valence-corrected chi connectivity index (χ1v) is 6.02. The van der Waals surface area contributed by atoms with Gasteiger partial charge < -0.3 is 15.4 Å². The van der Waals surface area contributed by atoms with Gasteiger partial charge in [-0.3, -0.25) is 0 Å². The molecule has 1 atom stereocenters. The number of methoxy groups -OCH3 is 1. The quantitative estimate of drug-likeness (QED) is 0.849. The van der Waals surface area contributed by atoms with Crippen LogP contribution in [0.25, 0.3) is 0 Å². The molecule has 0 aliphatic carbocycles. The summed E-state index contributed by atoms with van der Waals surface area (Å²) in [6.07, 6.45) is 1.11. The van der Waals surface area contributed by atoms with Crippen molar-refractivity contribution in [3.8, 4) is 0 Å². The van der Waals surface area contributed by atoms with Crippen molar-refractivity contribution in [2.45, 2.75) is 6.42 Å². The van der Waals surface area contributed by atoms with Gasteiger partial charge in [-0.05, 0) is 22.4 Å². The first kappa shape index (κ1) is 11.6. The van der Waals surface area contributed by atoms with Crippen molar-refractivity contribution in [1.82, 2.24) is 9.97 Å². The molecule has 1 aromatic heterocycles. The zero-order chi connectivity index (χ0) is 11.5. The van der Waals surface area contributed by atoms with Crippen LogP contribution < -0.4 is 10.6 Å². The van der Waals surface area contributed by atoms with E-state index in [0.717, 1.165) is 30.7 Å². The summed E-state index contributed by atoms with van der Waals surface area (Å²) in [6.45, 7) is 2.69. The highest BCUT2D eigenvalue weighted by atomic mass is 79.9. The second kappa shape index (κ2) is 4.97. The van der Waals surface area contributed by atoms with E-state index < -0.39 is 0 Å². The van der Waals surface area contributed by atoms with Gasteiger partial charge in [0.2, 0.25) is 5.95 Å². The van der Waals surface area contributed by atoms with E-state index in [1.807, 2.05) is 0 Å². The molecule has 1 unspecified atom stereocenters. The molecular weight excluding hydrogens is 272 g/mol. The lowest BCUT2D eigenvalue weighted by molar-refractivity contribution is 0.161. The average molecular weight is 287 g/mol. The minimum atomic E-state index is 0.493. The summed E-state index contributed by atoms with van der Waals surface area (Å²) in [5, 5.41) is 0. The number of nitrogens with two attached hydrogens (primary N) is 1. The summed E-state index contributed by atoms with van der Waals surface area (Å²) in [5.74, 6) is 1.76. The number of rotatable bonds is 3. The summed E-state index contributed by atoms with van der Waals surface area (Å²) in [6, 6.07) is 1.70. The minimum Gasteiger partial charge on any atom is -0.384 e.